The minimum absolute atomic E-state index is 0.191. The average molecular weight is 257 g/mol. The number of anilines is 1. The molecule has 0 saturated carbocycles. The van der Waals surface area contributed by atoms with Gasteiger partial charge in [-0.3, -0.25) is 4.79 Å². The highest BCUT2D eigenvalue weighted by atomic mass is 16.5. The highest BCUT2D eigenvalue weighted by Gasteiger charge is 2.04. The van der Waals surface area contributed by atoms with Crippen LogP contribution in [0.15, 0.2) is 48.7 Å². The Balaban J connectivity index is 1.74. The van der Waals surface area contributed by atoms with Crippen molar-refractivity contribution in [1.82, 2.24) is 10.3 Å². The summed E-state index contributed by atoms with van der Waals surface area (Å²) in [5, 5.41) is 2.74. The molecule has 0 fully saturated rings. The molecule has 19 heavy (non-hydrogen) atoms. The van der Waals surface area contributed by atoms with E-state index >= 15 is 0 Å². The van der Waals surface area contributed by atoms with E-state index in [9.17, 15) is 4.79 Å². The predicted octanol–water partition coefficient (Wildman–Crippen LogP) is 1.47. The van der Waals surface area contributed by atoms with Crippen LogP contribution in [0.3, 0.4) is 0 Å². The Morgan fingerprint density at radius 2 is 2.00 bits per heavy atom. The molecular formula is C14H15N3O2. The number of para-hydroxylation sites is 1. The summed E-state index contributed by atoms with van der Waals surface area (Å²) >= 11 is 0. The lowest BCUT2D eigenvalue weighted by atomic mass is 10.2. The monoisotopic (exact) mass is 257 g/mol. The van der Waals surface area contributed by atoms with E-state index in [1.807, 2.05) is 30.3 Å². The maximum atomic E-state index is 11.7. The molecular weight excluding hydrogens is 242 g/mol. The first-order chi connectivity index (χ1) is 9.25. The van der Waals surface area contributed by atoms with Gasteiger partial charge < -0.3 is 15.8 Å². The normalized spacial score (nSPS) is 9.89. The van der Waals surface area contributed by atoms with Crippen molar-refractivity contribution in [2.24, 2.45) is 0 Å². The van der Waals surface area contributed by atoms with Gasteiger partial charge in [0.25, 0.3) is 5.91 Å². The van der Waals surface area contributed by atoms with Crippen LogP contribution in [0, 0.1) is 0 Å². The van der Waals surface area contributed by atoms with Gasteiger partial charge in [0.2, 0.25) is 0 Å². The topological polar surface area (TPSA) is 77.2 Å². The Labute approximate surface area is 111 Å². The van der Waals surface area contributed by atoms with Crippen LogP contribution in [0.25, 0.3) is 0 Å². The van der Waals surface area contributed by atoms with Crippen LogP contribution in [0.2, 0.25) is 0 Å². The summed E-state index contributed by atoms with van der Waals surface area (Å²) in [5.41, 5.74) is 5.93. The zero-order valence-corrected chi connectivity index (χ0v) is 10.4. The van der Waals surface area contributed by atoms with Gasteiger partial charge in [-0.15, -0.1) is 0 Å². The van der Waals surface area contributed by atoms with Gasteiger partial charge in [0, 0.05) is 6.20 Å². The van der Waals surface area contributed by atoms with Crippen molar-refractivity contribution in [3.63, 3.8) is 0 Å². The highest BCUT2D eigenvalue weighted by molar-refractivity contribution is 5.93. The van der Waals surface area contributed by atoms with E-state index in [4.69, 9.17) is 10.5 Å². The van der Waals surface area contributed by atoms with E-state index in [0.29, 0.717) is 24.5 Å². The lowest BCUT2D eigenvalue weighted by Gasteiger charge is -2.07. The van der Waals surface area contributed by atoms with Crippen molar-refractivity contribution in [2.75, 3.05) is 18.9 Å². The number of pyridine rings is 1. The van der Waals surface area contributed by atoms with E-state index in [1.165, 1.54) is 6.20 Å². The summed E-state index contributed by atoms with van der Waals surface area (Å²) in [6.07, 6.45) is 1.45. The second-order valence-electron chi connectivity index (χ2n) is 3.89. The summed E-state index contributed by atoms with van der Waals surface area (Å²) in [6.45, 7) is 0.844. The Bertz CT molecular complexity index is 526. The number of ether oxygens (including phenoxy) is 1. The van der Waals surface area contributed by atoms with Crippen molar-refractivity contribution >= 4 is 11.7 Å². The van der Waals surface area contributed by atoms with Gasteiger partial charge in [0.05, 0.1) is 12.1 Å². The first-order valence-electron chi connectivity index (χ1n) is 5.93. The molecule has 0 aliphatic carbocycles. The second-order valence-corrected chi connectivity index (χ2v) is 3.89. The molecule has 0 bridgehead atoms. The molecule has 2 aromatic rings. The molecule has 98 valence electrons. The number of hydrogen-bond acceptors (Lipinski definition) is 4. The maximum Gasteiger partial charge on any atom is 0.252 e. The largest absolute Gasteiger partial charge is 0.492 e. The van der Waals surface area contributed by atoms with E-state index < -0.39 is 0 Å². The summed E-state index contributed by atoms with van der Waals surface area (Å²) in [5.74, 6) is 0.985. The number of carbonyl (C=O) groups is 1. The number of aromatic nitrogens is 1. The Kier molecular flexibility index (Phi) is 4.34. The number of nitrogens with two attached hydrogens (primary N) is 1. The fraction of sp³-hybridized carbons (Fsp3) is 0.143. The fourth-order valence-electron chi connectivity index (χ4n) is 1.49. The zero-order chi connectivity index (χ0) is 13.5. The Morgan fingerprint density at radius 3 is 2.68 bits per heavy atom. The third-order valence-electron chi connectivity index (χ3n) is 2.45. The second kappa shape index (κ2) is 6.39. The SMILES string of the molecule is Nc1ccc(C(=O)NCCOc2ccccc2)cn1. The highest BCUT2D eigenvalue weighted by Crippen LogP contribution is 2.07. The minimum Gasteiger partial charge on any atom is -0.492 e. The molecule has 5 nitrogen and oxygen atoms in total. The molecule has 2 rings (SSSR count). The van der Waals surface area contributed by atoms with Crippen LogP contribution >= 0.6 is 0 Å². The van der Waals surface area contributed by atoms with Crippen molar-refractivity contribution < 1.29 is 9.53 Å². The molecule has 1 aromatic carbocycles. The van der Waals surface area contributed by atoms with Crippen LogP contribution in [0.4, 0.5) is 5.82 Å². The molecule has 0 unspecified atom stereocenters. The van der Waals surface area contributed by atoms with Gasteiger partial charge in [-0.05, 0) is 24.3 Å². The predicted molar refractivity (Wildman–Crippen MR) is 72.9 cm³/mol. The van der Waals surface area contributed by atoms with Gasteiger partial charge >= 0.3 is 0 Å². The molecule has 0 spiro atoms. The quantitative estimate of drug-likeness (QED) is 0.795. The molecule has 3 N–H and O–H groups in total. The number of carbonyl (C=O) groups excluding carboxylic acids is 1. The molecule has 0 radical (unpaired) electrons. The molecule has 1 heterocycles. The fourth-order valence-corrected chi connectivity index (χ4v) is 1.49. The first-order valence-corrected chi connectivity index (χ1v) is 5.93. The number of rotatable bonds is 5. The average Bonchev–Trinajstić information content (AvgIpc) is 2.45. The summed E-state index contributed by atoms with van der Waals surface area (Å²) < 4.78 is 5.46. The standard InChI is InChI=1S/C14H15N3O2/c15-13-7-6-11(10-17-13)14(18)16-8-9-19-12-4-2-1-3-5-12/h1-7,10H,8-9H2,(H2,15,17)(H,16,18). The van der Waals surface area contributed by atoms with Crippen LogP contribution in [-0.4, -0.2) is 24.0 Å². The van der Waals surface area contributed by atoms with Gasteiger partial charge in [-0.25, -0.2) is 4.98 Å². The number of nitrogens with zero attached hydrogens (tertiary/aromatic N) is 1. The molecule has 0 saturated heterocycles. The molecule has 0 atom stereocenters. The Hall–Kier alpha value is -2.56. The van der Waals surface area contributed by atoms with Gasteiger partial charge in [-0.2, -0.15) is 0 Å². The number of nitrogen functional groups attached to an aromatic ring is 1. The van der Waals surface area contributed by atoms with Crippen molar-refractivity contribution in [3.8, 4) is 5.75 Å². The molecule has 5 heteroatoms. The number of benzene rings is 1. The lowest BCUT2D eigenvalue weighted by Crippen LogP contribution is -2.28. The van der Waals surface area contributed by atoms with Crippen molar-refractivity contribution in [3.05, 3.63) is 54.2 Å². The van der Waals surface area contributed by atoms with Gasteiger partial charge in [0.15, 0.2) is 0 Å². The van der Waals surface area contributed by atoms with Crippen LogP contribution in [0.1, 0.15) is 10.4 Å². The molecule has 1 amide bonds. The molecule has 1 aromatic heterocycles. The molecule has 0 aliphatic rings. The lowest BCUT2D eigenvalue weighted by molar-refractivity contribution is 0.0946. The van der Waals surface area contributed by atoms with Crippen LogP contribution < -0.4 is 15.8 Å². The number of nitrogens with one attached hydrogen (secondary N) is 1. The van der Waals surface area contributed by atoms with E-state index in [-0.39, 0.29) is 5.91 Å². The molecule has 0 aliphatic heterocycles. The van der Waals surface area contributed by atoms with E-state index in [2.05, 4.69) is 10.3 Å². The van der Waals surface area contributed by atoms with E-state index in [0.717, 1.165) is 5.75 Å². The maximum absolute atomic E-state index is 11.7. The number of hydrogen-bond donors (Lipinski definition) is 2. The summed E-state index contributed by atoms with van der Waals surface area (Å²) in [6, 6.07) is 12.7. The van der Waals surface area contributed by atoms with Gasteiger partial charge in [-0.1, -0.05) is 18.2 Å². The third kappa shape index (κ3) is 3.99. The summed E-state index contributed by atoms with van der Waals surface area (Å²) in [4.78, 5) is 15.6. The van der Waals surface area contributed by atoms with Crippen LogP contribution in [0.5, 0.6) is 5.75 Å². The zero-order valence-electron chi connectivity index (χ0n) is 10.4. The first kappa shape index (κ1) is 12.9. The Morgan fingerprint density at radius 1 is 1.21 bits per heavy atom. The van der Waals surface area contributed by atoms with Gasteiger partial charge in [0.1, 0.15) is 18.2 Å². The summed E-state index contributed by atoms with van der Waals surface area (Å²) in [7, 11) is 0. The minimum atomic E-state index is -0.191. The van der Waals surface area contributed by atoms with E-state index in [1.54, 1.807) is 12.1 Å². The van der Waals surface area contributed by atoms with Crippen molar-refractivity contribution in [2.45, 2.75) is 0 Å². The van der Waals surface area contributed by atoms with Crippen molar-refractivity contribution in [1.29, 1.82) is 0 Å². The smallest absolute Gasteiger partial charge is 0.252 e. The number of amides is 1. The third-order valence-corrected chi connectivity index (χ3v) is 2.45. The van der Waals surface area contributed by atoms with Crippen LogP contribution in [-0.2, 0) is 0 Å².